The molecule has 3 aromatic rings. The SMILES string of the molecule is O=C(Cn1ccc2ccc(Br)cc21)c1cc(Br)sc1Br. The Hall–Kier alpha value is -0.430. The first-order valence-corrected chi connectivity index (χ1v) is 8.96. The summed E-state index contributed by atoms with van der Waals surface area (Å²) in [6.07, 6.45) is 1.95. The summed E-state index contributed by atoms with van der Waals surface area (Å²) in [5.74, 6) is 0.0938. The Morgan fingerprint density at radius 2 is 1.95 bits per heavy atom. The monoisotopic (exact) mass is 475 g/mol. The van der Waals surface area contributed by atoms with Gasteiger partial charge >= 0.3 is 0 Å². The van der Waals surface area contributed by atoms with E-state index in [0.29, 0.717) is 6.54 Å². The van der Waals surface area contributed by atoms with Gasteiger partial charge in [-0.25, -0.2) is 0 Å². The molecule has 102 valence electrons. The van der Waals surface area contributed by atoms with Crippen LogP contribution in [-0.4, -0.2) is 10.4 Å². The van der Waals surface area contributed by atoms with E-state index in [1.54, 1.807) is 0 Å². The number of carbonyl (C=O) groups excluding carboxylic acids is 1. The predicted octanol–water partition coefficient (Wildman–Crippen LogP) is 5.87. The lowest BCUT2D eigenvalue weighted by Gasteiger charge is -2.04. The third-order valence-corrected chi connectivity index (χ3v) is 5.84. The molecule has 0 aliphatic heterocycles. The number of halogens is 3. The first-order chi connectivity index (χ1) is 9.54. The molecule has 1 aromatic carbocycles. The standard InChI is InChI=1S/C14H8Br3NOS/c15-9-2-1-8-3-4-18(11(8)5-9)7-12(19)10-6-13(16)20-14(10)17/h1-6H,7H2. The predicted molar refractivity (Wildman–Crippen MR) is 93.7 cm³/mol. The maximum Gasteiger partial charge on any atom is 0.184 e. The zero-order valence-corrected chi connectivity index (χ0v) is 15.6. The van der Waals surface area contributed by atoms with Crippen LogP contribution >= 0.6 is 59.1 Å². The Morgan fingerprint density at radius 3 is 2.65 bits per heavy atom. The number of thiophene rings is 1. The molecule has 2 aromatic heterocycles. The summed E-state index contributed by atoms with van der Waals surface area (Å²) in [5.41, 5.74) is 1.77. The lowest BCUT2D eigenvalue weighted by molar-refractivity contribution is 0.0973. The van der Waals surface area contributed by atoms with Gasteiger partial charge < -0.3 is 4.57 Å². The van der Waals surface area contributed by atoms with Crippen molar-refractivity contribution in [2.45, 2.75) is 6.54 Å². The summed E-state index contributed by atoms with van der Waals surface area (Å²) in [6, 6.07) is 9.95. The van der Waals surface area contributed by atoms with E-state index in [-0.39, 0.29) is 5.78 Å². The number of aromatic nitrogens is 1. The van der Waals surface area contributed by atoms with Gasteiger partial charge in [0.25, 0.3) is 0 Å². The summed E-state index contributed by atoms with van der Waals surface area (Å²) < 4.78 is 4.80. The van der Waals surface area contributed by atoms with Crippen LogP contribution in [0, 0.1) is 0 Å². The molecule has 0 fully saturated rings. The second kappa shape index (κ2) is 5.75. The number of hydrogen-bond acceptors (Lipinski definition) is 2. The summed E-state index contributed by atoms with van der Waals surface area (Å²) in [7, 11) is 0. The van der Waals surface area contributed by atoms with E-state index in [2.05, 4.69) is 47.8 Å². The van der Waals surface area contributed by atoms with E-state index in [1.165, 1.54) is 11.3 Å². The molecule has 0 amide bonds. The zero-order chi connectivity index (χ0) is 14.3. The minimum absolute atomic E-state index is 0.0938. The molecule has 0 aliphatic carbocycles. The fourth-order valence-electron chi connectivity index (χ4n) is 2.07. The smallest absolute Gasteiger partial charge is 0.184 e. The Bertz CT molecular complexity index is 806. The van der Waals surface area contributed by atoms with Crippen LogP contribution in [-0.2, 0) is 6.54 Å². The molecule has 0 saturated heterocycles. The van der Waals surface area contributed by atoms with Gasteiger partial charge in [0.1, 0.15) is 0 Å². The van der Waals surface area contributed by atoms with Gasteiger partial charge in [0.2, 0.25) is 0 Å². The molecule has 2 heterocycles. The van der Waals surface area contributed by atoms with Gasteiger partial charge in [-0.05, 0) is 61.5 Å². The fraction of sp³-hybridized carbons (Fsp3) is 0.0714. The van der Waals surface area contributed by atoms with Crippen LogP contribution in [0.2, 0.25) is 0 Å². The number of nitrogens with zero attached hydrogens (tertiary/aromatic N) is 1. The van der Waals surface area contributed by atoms with Crippen LogP contribution in [0.5, 0.6) is 0 Å². The lowest BCUT2D eigenvalue weighted by atomic mass is 10.2. The number of benzene rings is 1. The van der Waals surface area contributed by atoms with E-state index in [9.17, 15) is 4.79 Å². The van der Waals surface area contributed by atoms with Crippen molar-refractivity contribution in [1.82, 2.24) is 4.57 Å². The number of fused-ring (bicyclic) bond motifs is 1. The third kappa shape index (κ3) is 2.79. The van der Waals surface area contributed by atoms with Gasteiger partial charge in [-0.1, -0.05) is 22.0 Å². The maximum absolute atomic E-state index is 12.4. The molecule has 0 aliphatic rings. The highest BCUT2D eigenvalue weighted by Crippen LogP contribution is 2.32. The molecule has 0 radical (unpaired) electrons. The molecule has 0 bridgehead atoms. The lowest BCUT2D eigenvalue weighted by Crippen LogP contribution is -2.09. The Kier molecular flexibility index (Phi) is 4.17. The quantitative estimate of drug-likeness (QED) is 0.432. The molecule has 0 saturated carbocycles. The van der Waals surface area contributed by atoms with E-state index >= 15 is 0 Å². The van der Waals surface area contributed by atoms with E-state index in [0.717, 1.165) is 28.5 Å². The van der Waals surface area contributed by atoms with Gasteiger partial charge in [-0.15, -0.1) is 11.3 Å². The number of Topliss-reactive ketones (excluding diaryl/α,β-unsaturated/α-hetero) is 1. The molecule has 20 heavy (non-hydrogen) atoms. The maximum atomic E-state index is 12.4. The molecule has 0 N–H and O–H groups in total. The number of rotatable bonds is 3. The first kappa shape index (κ1) is 14.5. The first-order valence-electron chi connectivity index (χ1n) is 5.77. The van der Waals surface area contributed by atoms with Crippen molar-refractivity contribution >= 4 is 75.8 Å². The van der Waals surface area contributed by atoms with Crippen molar-refractivity contribution in [1.29, 1.82) is 0 Å². The number of ketones is 1. The van der Waals surface area contributed by atoms with Crippen LogP contribution in [0.25, 0.3) is 10.9 Å². The van der Waals surface area contributed by atoms with Gasteiger partial charge in [-0.3, -0.25) is 4.79 Å². The summed E-state index contributed by atoms with van der Waals surface area (Å²) in [4.78, 5) is 12.4. The molecule has 0 spiro atoms. The van der Waals surface area contributed by atoms with Gasteiger partial charge in [0.15, 0.2) is 5.78 Å². The van der Waals surface area contributed by atoms with Crippen molar-refractivity contribution in [3.05, 3.63) is 54.1 Å². The number of carbonyl (C=O) groups is 1. The molecule has 3 rings (SSSR count). The second-order valence-electron chi connectivity index (χ2n) is 4.31. The molecular formula is C14H8Br3NOS. The minimum atomic E-state index is 0.0938. The molecule has 0 atom stereocenters. The van der Waals surface area contributed by atoms with Gasteiger partial charge in [-0.2, -0.15) is 0 Å². The number of hydrogen-bond donors (Lipinski definition) is 0. The van der Waals surface area contributed by atoms with Crippen molar-refractivity contribution in [3.8, 4) is 0 Å². The summed E-state index contributed by atoms with van der Waals surface area (Å²) in [6.45, 7) is 0.335. The Labute approximate surface area is 145 Å². The van der Waals surface area contributed by atoms with E-state index in [1.807, 2.05) is 41.1 Å². The average Bonchev–Trinajstić information content (AvgIpc) is 2.93. The normalized spacial score (nSPS) is 11.2. The highest BCUT2D eigenvalue weighted by atomic mass is 79.9. The van der Waals surface area contributed by atoms with Crippen LogP contribution in [0.4, 0.5) is 0 Å². The Morgan fingerprint density at radius 1 is 1.15 bits per heavy atom. The Balaban J connectivity index is 1.95. The van der Waals surface area contributed by atoms with Gasteiger partial charge in [0, 0.05) is 21.7 Å². The van der Waals surface area contributed by atoms with Crippen LogP contribution < -0.4 is 0 Å². The molecule has 2 nitrogen and oxygen atoms in total. The highest BCUT2D eigenvalue weighted by molar-refractivity contribution is 9.12. The molecule has 6 heteroatoms. The van der Waals surface area contributed by atoms with Crippen LogP contribution in [0.15, 0.2) is 48.6 Å². The van der Waals surface area contributed by atoms with Crippen molar-refractivity contribution in [3.63, 3.8) is 0 Å². The second-order valence-corrected chi connectivity index (χ2v) is 8.97. The van der Waals surface area contributed by atoms with Crippen molar-refractivity contribution in [2.75, 3.05) is 0 Å². The van der Waals surface area contributed by atoms with Crippen molar-refractivity contribution < 1.29 is 4.79 Å². The zero-order valence-electron chi connectivity index (χ0n) is 10.1. The molecular weight excluding hydrogens is 470 g/mol. The third-order valence-electron chi connectivity index (χ3n) is 3.01. The van der Waals surface area contributed by atoms with E-state index < -0.39 is 0 Å². The summed E-state index contributed by atoms with van der Waals surface area (Å²) in [5, 5.41) is 1.13. The summed E-state index contributed by atoms with van der Waals surface area (Å²) >= 11 is 11.8. The highest BCUT2D eigenvalue weighted by Gasteiger charge is 2.15. The minimum Gasteiger partial charge on any atom is -0.340 e. The molecule has 0 unspecified atom stereocenters. The largest absolute Gasteiger partial charge is 0.340 e. The van der Waals surface area contributed by atoms with Gasteiger partial charge in [0.05, 0.1) is 14.1 Å². The van der Waals surface area contributed by atoms with Crippen molar-refractivity contribution in [2.24, 2.45) is 0 Å². The topological polar surface area (TPSA) is 22.0 Å². The van der Waals surface area contributed by atoms with E-state index in [4.69, 9.17) is 0 Å². The fourth-order valence-corrected chi connectivity index (χ4v) is 5.27. The average molecular weight is 478 g/mol. The van der Waals surface area contributed by atoms with Crippen LogP contribution in [0.1, 0.15) is 10.4 Å². The van der Waals surface area contributed by atoms with Crippen LogP contribution in [0.3, 0.4) is 0 Å².